The summed E-state index contributed by atoms with van der Waals surface area (Å²) in [6.07, 6.45) is 0.385. The van der Waals surface area contributed by atoms with E-state index >= 15 is 0 Å². The van der Waals surface area contributed by atoms with Crippen molar-refractivity contribution < 1.29 is 27.9 Å². The molecule has 3 unspecified atom stereocenters. The van der Waals surface area contributed by atoms with Gasteiger partial charge in [0, 0.05) is 10.6 Å². The third-order valence-corrected chi connectivity index (χ3v) is 7.20. The van der Waals surface area contributed by atoms with Crippen LogP contribution in [0.3, 0.4) is 0 Å². The average molecular weight is 484 g/mol. The second-order valence-corrected chi connectivity index (χ2v) is 9.71. The molecule has 3 N–H and O–H groups in total. The van der Waals surface area contributed by atoms with Crippen molar-refractivity contribution in [3.8, 4) is 0 Å². The van der Waals surface area contributed by atoms with E-state index in [1.165, 1.54) is 19.1 Å². The Bertz CT molecular complexity index is 1040. The summed E-state index contributed by atoms with van der Waals surface area (Å²) < 4.78 is 40.5. The number of quaternary nitrogens is 1. The van der Waals surface area contributed by atoms with Crippen molar-refractivity contribution in [1.82, 2.24) is 5.32 Å². The molecule has 1 aliphatic rings. The quantitative estimate of drug-likeness (QED) is 0.456. The van der Waals surface area contributed by atoms with Gasteiger partial charge in [0.1, 0.15) is 6.20 Å². The van der Waals surface area contributed by atoms with E-state index in [1.54, 1.807) is 50.8 Å². The lowest BCUT2D eigenvalue weighted by Gasteiger charge is -2.57. The maximum Gasteiger partial charge on any atom is 0.416 e. The summed E-state index contributed by atoms with van der Waals surface area (Å²) in [5.41, 5.74) is -5.78. The van der Waals surface area contributed by atoms with Gasteiger partial charge in [-0.15, -0.1) is 0 Å². The van der Waals surface area contributed by atoms with Crippen molar-refractivity contribution >= 4 is 11.6 Å². The van der Waals surface area contributed by atoms with Crippen molar-refractivity contribution in [3.63, 3.8) is 0 Å². The van der Waals surface area contributed by atoms with Crippen LogP contribution < -0.4 is 5.32 Å². The second-order valence-electron chi connectivity index (χ2n) is 9.30. The maximum atomic E-state index is 13.5. The van der Waals surface area contributed by atoms with Crippen LogP contribution in [0.5, 0.6) is 0 Å². The lowest BCUT2D eigenvalue weighted by atomic mass is 9.65. The smallest absolute Gasteiger partial charge is 0.377 e. The molecule has 2 aromatic carbocycles. The molecule has 33 heavy (non-hydrogen) atoms. The number of nitrogens with one attached hydrogen (secondary N) is 1. The molecular weight excluding hydrogens is 453 g/mol. The molecular formula is C25H31ClF3N2O2+. The number of alkyl halides is 3. The number of likely N-dealkylation sites (N-methyl/N-ethyl adjacent to an activating group) is 1. The Labute approximate surface area is 197 Å². The zero-order valence-electron chi connectivity index (χ0n) is 19.2. The molecule has 0 radical (unpaired) electrons. The molecule has 0 saturated heterocycles. The highest BCUT2D eigenvalue weighted by Gasteiger charge is 2.72. The van der Waals surface area contributed by atoms with E-state index in [2.05, 4.69) is 5.32 Å². The van der Waals surface area contributed by atoms with Crippen molar-refractivity contribution in [2.24, 2.45) is 0 Å². The summed E-state index contributed by atoms with van der Waals surface area (Å²) in [7, 11) is 3.57. The first-order valence-corrected chi connectivity index (χ1v) is 11.3. The van der Waals surface area contributed by atoms with E-state index < -0.39 is 28.6 Å². The summed E-state index contributed by atoms with van der Waals surface area (Å²) in [4.78, 5) is 0. The lowest BCUT2D eigenvalue weighted by molar-refractivity contribution is -0.914. The monoisotopic (exact) mass is 483 g/mol. The van der Waals surface area contributed by atoms with E-state index in [9.17, 15) is 23.4 Å². The predicted octanol–water partition coefficient (Wildman–Crippen LogP) is 5.49. The molecule has 0 bridgehead atoms. The first kappa shape index (κ1) is 25.6. The SMILES string of the molecule is CCCCC(O)(c1ccccc1Cl)C1(C(C)(O)c2cccc(C(F)(F)F)c2)NC=C[N+]1(C)C. The minimum atomic E-state index is -4.58. The average Bonchev–Trinajstić information content (AvgIpc) is 3.08. The van der Waals surface area contributed by atoms with Crippen LogP contribution in [0.1, 0.15) is 49.8 Å². The highest BCUT2D eigenvalue weighted by molar-refractivity contribution is 6.31. The highest BCUT2D eigenvalue weighted by atomic mass is 35.5. The van der Waals surface area contributed by atoms with E-state index in [0.29, 0.717) is 17.0 Å². The molecule has 0 amide bonds. The summed E-state index contributed by atoms with van der Waals surface area (Å²) in [5, 5.41) is 28.2. The van der Waals surface area contributed by atoms with Gasteiger partial charge in [0.05, 0.1) is 25.9 Å². The zero-order chi connectivity index (χ0) is 24.7. The van der Waals surface area contributed by atoms with Gasteiger partial charge < -0.3 is 15.5 Å². The predicted molar refractivity (Wildman–Crippen MR) is 123 cm³/mol. The number of hydrogen-bond donors (Lipinski definition) is 3. The fourth-order valence-electron chi connectivity index (χ4n) is 5.27. The Kier molecular flexibility index (Phi) is 6.68. The Morgan fingerprint density at radius 2 is 1.67 bits per heavy atom. The fourth-order valence-corrected chi connectivity index (χ4v) is 5.56. The van der Waals surface area contributed by atoms with Gasteiger partial charge in [0.15, 0.2) is 11.2 Å². The number of unbranched alkanes of at least 4 members (excludes halogenated alkanes) is 1. The van der Waals surface area contributed by atoms with Crippen LogP contribution in [0, 0.1) is 0 Å². The Morgan fingerprint density at radius 1 is 1.03 bits per heavy atom. The van der Waals surface area contributed by atoms with Crippen LogP contribution in [0.15, 0.2) is 60.9 Å². The van der Waals surface area contributed by atoms with Crippen molar-refractivity contribution in [2.45, 2.75) is 56.2 Å². The number of benzene rings is 2. The van der Waals surface area contributed by atoms with Gasteiger partial charge >= 0.3 is 6.18 Å². The van der Waals surface area contributed by atoms with Gasteiger partial charge in [-0.3, -0.25) is 4.48 Å². The number of rotatable bonds is 7. The van der Waals surface area contributed by atoms with Crippen LogP contribution in [-0.4, -0.2) is 34.5 Å². The number of aliphatic hydroxyl groups is 2. The van der Waals surface area contributed by atoms with E-state index in [4.69, 9.17) is 11.6 Å². The van der Waals surface area contributed by atoms with Crippen molar-refractivity contribution in [2.75, 3.05) is 14.1 Å². The first-order valence-electron chi connectivity index (χ1n) is 10.9. The first-order chi connectivity index (χ1) is 15.2. The molecule has 0 aromatic heterocycles. The molecule has 4 nitrogen and oxygen atoms in total. The van der Waals surface area contributed by atoms with Crippen LogP contribution in [0.4, 0.5) is 13.2 Å². The van der Waals surface area contributed by atoms with Crippen molar-refractivity contribution in [1.29, 1.82) is 0 Å². The molecule has 2 aromatic rings. The van der Waals surface area contributed by atoms with Gasteiger partial charge in [0.25, 0.3) is 0 Å². The molecule has 0 aliphatic carbocycles. The van der Waals surface area contributed by atoms with Crippen molar-refractivity contribution in [3.05, 3.63) is 82.6 Å². The molecule has 3 atom stereocenters. The minimum Gasteiger partial charge on any atom is -0.377 e. The molecule has 0 fully saturated rings. The molecule has 0 saturated carbocycles. The topological polar surface area (TPSA) is 52.5 Å². The molecule has 1 heterocycles. The fraction of sp³-hybridized carbons (Fsp3) is 0.440. The van der Waals surface area contributed by atoms with Crippen LogP contribution in [0.25, 0.3) is 0 Å². The van der Waals surface area contributed by atoms with E-state index in [-0.39, 0.29) is 16.5 Å². The van der Waals surface area contributed by atoms with Crippen LogP contribution in [-0.2, 0) is 17.4 Å². The number of nitrogens with zero attached hydrogens (tertiary/aromatic N) is 1. The molecule has 180 valence electrons. The molecule has 1 aliphatic heterocycles. The maximum absolute atomic E-state index is 13.5. The summed E-state index contributed by atoms with van der Waals surface area (Å²) in [6, 6.07) is 11.5. The summed E-state index contributed by atoms with van der Waals surface area (Å²) in [6.45, 7) is 3.42. The highest BCUT2D eigenvalue weighted by Crippen LogP contribution is 2.55. The minimum absolute atomic E-state index is 0.0294. The van der Waals surface area contributed by atoms with Gasteiger partial charge in [-0.25, -0.2) is 0 Å². The molecule has 0 spiro atoms. The van der Waals surface area contributed by atoms with Gasteiger partial charge in [0.2, 0.25) is 5.66 Å². The Morgan fingerprint density at radius 3 is 2.21 bits per heavy atom. The van der Waals surface area contributed by atoms with E-state index in [1.807, 2.05) is 6.92 Å². The third-order valence-electron chi connectivity index (χ3n) is 6.87. The number of hydrogen-bond acceptors (Lipinski definition) is 3. The lowest BCUT2D eigenvalue weighted by Crippen LogP contribution is -2.79. The Balaban J connectivity index is 2.35. The number of halogens is 4. The van der Waals surface area contributed by atoms with Gasteiger partial charge in [-0.1, -0.05) is 61.7 Å². The molecule has 3 rings (SSSR count). The van der Waals surface area contributed by atoms with Gasteiger partial charge in [-0.05, 0) is 37.1 Å². The molecule has 8 heteroatoms. The summed E-state index contributed by atoms with van der Waals surface area (Å²) in [5.74, 6) is 0. The summed E-state index contributed by atoms with van der Waals surface area (Å²) >= 11 is 6.56. The second kappa shape index (κ2) is 8.62. The van der Waals surface area contributed by atoms with Crippen LogP contribution >= 0.6 is 11.6 Å². The zero-order valence-corrected chi connectivity index (χ0v) is 20.0. The Hall–Kier alpha value is -2.06. The van der Waals surface area contributed by atoms with Crippen LogP contribution in [0.2, 0.25) is 5.02 Å². The normalized spacial score (nSPS) is 23.6. The van der Waals surface area contributed by atoms with Gasteiger partial charge in [-0.2, -0.15) is 13.2 Å². The largest absolute Gasteiger partial charge is 0.416 e. The standard InChI is InChI=1S/C25H31ClF3N2O2/c1-5-6-14-23(33,20-12-7-8-13-21(20)26)25(30-15-16-31(25,3)4)22(2,32)18-10-9-11-19(17-18)24(27,28)29/h7-13,15-17,30,32-33H,5-6,14H2,1-4H3/q+1. The third kappa shape index (κ3) is 3.95. The van der Waals surface area contributed by atoms with E-state index in [0.717, 1.165) is 18.6 Å².